The van der Waals surface area contributed by atoms with Crippen LogP contribution in [0.15, 0.2) is 33.2 Å². The third-order valence-corrected chi connectivity index (χ3v) is 4.14. The van der Waals surface area contributed by atoms with Gasteiger partial charge < -0.3 is 19.6 Å². The first-order chi connectivity index (χ1) is 11.4. The first-order valence-electron chi connectivity index (χ1n) is 7.32. The van der Waals surface area contributed by atoms with Gasteiger partial charge in [-0.25, -0.2) is 4.79 Å². The maximum Gasteiger partial charge on any atom is 0.339 e. The predicted molar refractivity (Wildman–Crippen MR) is 91.3 cm³/mol. The van der Waals surface area contributed by atoms with E-state index in [4.69, 9.17) is 14.3 Å². The molecule has 2 rings (SSSR count). The van der Waals surface area contributed by atoms with Gasteiger partial charge in [-0.3, -0.25) is 4.79 Å². The monoisotopic (exact) mass is 395 g/mol. The van der Waals surface area contributed by atoms with Gasteiger partial charge in [-0.2, -0.15) is 0 Å². The van der Waals surface area contributed by atoms with Gasteiger partial charge in [0, 0.05) is 6.42 Å². The number of benzene rings is 1. The molecule has 0 unspecified atom stereocenters. The molecule has 1 aromatic carbocycles. The number of rotatable bonds is 7. The van der Waals surface area contributed by atoms with Gasteiger partial charge in [-0.05, 0) is 53.0 Å². The lowest BCUT2D eigenvalue weighted by atomic mass is 10.1. The molecule has 2 aromatic rings. The summed E-state index contributed by atoms with van der Waals surface area (Å²) in [4.78, 5) is 22.9. The van der Waals surface area contributed by atoms with Gasteiger partial charge in [0.05, 0.1) is 18.1 Å². The van der Waals surface area contributed by atoms with E-state index in [-0.39, 0.29) is 18.0 Å². The van der Waals surface area contributed by atoms with Crippen LogP contribution in [-0.4, -0.2) is 24.1 Å². The highest BCUT2D eigenvalue weighted by atomic mass is 79.9. The first-order valence-corrected chi connectivity index (χ1v) is 8.11. The largest absolute Gasteiger partial charge is 0.496 e. The maximum absolute atomic E-state index is 11.9. The van der Waals surface area contributed by atoms with Crippen molar-refractivity contribution in [3.63, 3.8) is 0 Å². The van der Waals surface area contributed by atoms with Crippen LogP contribution in [0.25, 0.3) is 0 Å². The average molecular weight is 396 g/mol. The number of aromatic carboxylic acids is 1. The van der Waals surface area contributed by atoms with E-state index in [1.54, 1.807) is 14.0 Å². The summed E-state index contributed by atoms with van der Waals surface area (Å²) in [6, 6.07) is 7.10. The van der Waals surface area contributed by atoms with E-state index in [1.165, 1.54) is 6.07 Å². The third-order valence-electron chi connectivity index (χ3n) is 3.52. The van der Waals surface area contributed by atoms with Crippen LogP contribution in [0.1, 0.15) is 33.9 Å². The Morgan fingerprint density at radius 3 is 2.67 bits per heavy atom. The Labute approximate surface area is 147 Å². The molecule has 0 aliphatic carbocycles. The number of methoxy groups -OCH3 is 1. The maximum atomic E-state index is 11.9. The highest BCUT2D eigenvalue weighted by molar-refractivity contribution is 9.10. The van der Waals surface area contributed by atoms with Gasteiger partial charge in [0.25, 0.3) is 0 Å². The van der Waals surface area contributed by atoms with Crippen LogP contribution in [0.5, 0.6) is 5.75 Å². The number of nitrogens with one attached hydrogen (secondary N) is 1. The lowest BCUT2D eigenvalue weighted by Crippen LogP contribution is -2.22. The quantitative estimate of drug-likeness (QED) is 0.750. The molecule has 1 aromatic heterocycles. The van der Waals surface area contributed by atoms with E-state index >= 15 is 0 Å². The van der Waals surface area contributed by atoms with Crippen LogP contribution < -0.4 is 10.1 Å². The zero-order chi connectivity index (χ0) is 17.7. The topological polar surface area (TPSA) is 88.8 Å². The summed E-state index contributed by atoms with van der Waals surface area (Å²) in [6.45, 7) is 1.75. The van der Waals surface area contributed by atoms with Gasteiger partial charge in [0.15, 0.2) is 0 Å². The normalized spacial score (nSPS) is 10.5. The number of furan rings is 1. The Kier molecular flexibility index (Phi) is 6.03. The highest BCUT2D eigenvalue weighted by Gasteiger charge is 2.14. The number of aryl methyl sites for hydroxylation is 2. The average Bonchev–Trinajstić information content (AvgIpc) is 2.92. The molecule has 0 saturated heterocycles. The molecule has 0 spiro atoms. The minimum Gasteiger partial charge on any atom is -0.496 e. The van der Waals surface area contributed by atoms with Gasteiger partial charge in [0.1, 0.15) is 22.8 Å². The molecule has 0 aliphatic rings. The van der Waals surface area contributed by atoms with Crippen LogP contribution in [0.2, 0.25) is 0 Å². The number of carboxylic acids is 1. The molecule has 24 heavy (non-hydrogen) atoms. The fraction of sp³-hybridized carbons (Fsp3) is 0.294. The number of halogens is 1. The second-order valence-corrected chi connectivity index (χ2v) is 6.09. The number of carbonyl (C=O) groups is 2. The predicted octanol–water partition coefficient (Wildman–Crippen LogP) is 3.31. The number of hydrogen-bond acceptors (Lipinski definition) is 4. The number of carbonyl (C=O) groups excluding carboxylic acids is 1. The molecule has 7 heteroatoms. The van der Waals surface area contributed by atoms with Gasteiger partial charge in [-0.1, -0.05) is 6.07 Å². The molecule has 0 saturated carbocycles. The third kappa shape index (κ3) is 4.61. The summed E-state index contributed by atoms with van der Waals surface area (Å²) in [5, 5.41) is 11.7. The van der Waals surface area contributed by atoms with Crippen LogP contribution >= 0.6 is 15.9 Å². The van der Waals surface area contributed by atoms with Crippen LogP contribution in [0, 0.1) is 6.92 Å². The summed E-state index contributed by atoms with van der Waals surface area (Å²) >= 11 is 3.41. The molecule has 0 atom stereocenters. The van der Waals surface area contributed by atoms with Gasteiger partial charge >= 0.3 is 5.97 Å². The minimum atomic E-state index is -1.04. The standard InChI is InChI=1S/C17H18BrNO5/c1-10-13(17(21)22)8-12(24-10)9-19-16(20)6-4-11-3-5-15(23-2)14(18)7-11/h3,5,7-8H,4,6,9H2,1-2H3,(H,19,20)(H,21,22). The van der Waals surface area contributed by atoms with Crippen LogP contribution in [-0.2, 0) is 17.8 Å². The van der Waals surface area contributed by atoms with Gasteiger partial charge in [0.2, 0.25) is 5.91 Å². The van der Waals surface area contributed by atoms with E-state index in [1.807, 2.05) is 18.2 Å². The van der Waals surface area contributed by atoms with Crippen LogP contribution in [0.4, 0.5) is 0 Å². The highest BCUT2D eigenvalue weighted by Crippen LogP contribution is 2.26. The van der Waals surface area contributed by atoms with Crippen molar-refractivity contribution in [2.24, 2.45) is 0 Å². The molecule has 1 amide bonds. The van der Waals surface area contributed by atoms with Crippen molar-refractivity contribution in [2.45, 2.75) is 26.3 Å². The number of hydrogen-bond donors (Lipinski definition) is 2. The van der Waals surface area contributed by atoms with E-state index in [0.717, 1.165) is 15.8 Å². The Hall–Kier alpha value is -2.28. The van der Waals surface area contributed by atoms with Crippen molar-refractivity contribution < 1.29 is 23.8 Å². The minimum absolute atomic E-state index is 0.113. The first kappa shape index (κ1) is 18.1. The van der Waals surface area contributed by atoms with Gasteiger partial charge in [-0.15, -0.1) is 0 Å². The molecule has 2 N–H and O–H groups in total. The molecule has 0 fully saturated rings. The number of ether oxygens (including phenoxy) is 1. The summed E-state index contributed by atoms with van der Waals surface area (Å²) in [6.07, 6.45) is 0.913. The summed E-state index contributed by atoms with van der Waals surface area (Å²) in [5.41, 5.74) is 1.13. The molecule has 6 nitrogen and oxygen atoms in total. The van der Waals surface area contributed by atoms with Crippen molar-refractivity contribution in [2.75, 3.05) is 7.11 Å². The van der Waals surface area contributed by atoms with Crippen molar-refractivity contribution in [1.29, 1.82) is 0 Å². The number of carboxylic acid groups (broad SMARTS) is 1. The van der Waals surface area contributed by atoms with E-state index < -0.39 is 5.97 Å². The molecule has 1 heterocycles. The zero-order valence-corrected chi connectivity index (χ0v) is 15.0. The fourth-order valence-corrected chi connectivity index (χ4v) is 2.83. The lowest BCUT2D eigenvalue weighted by Gasteiger charge is -2.07. The number of amides is 1. The molecule has 0 bridgehead atoms. The second-order valence-electron chi connectivity index (χ2n) is 5.23. The van der Waals surface area contributed by atoms with Crippen LogP contribution in [0.3, 0.4) is 0 Å². The molecular weight excluding hydrogens is 378 g/mol. The molecular formula is C17H18BrNO5. The Morgan fingerprint density at radius 1 is 1.33 bits per heavy atom. The van der Waals surface area contributed by atoms with E-state index in [0.29, 0.717) is 24.4 Å². The van der Waals surface area contributed by atoms with Crippen molar-refractivity contribution in [3.05, 3.63) is 51.4 Å². The SMILES string of the molecule is COc1ccc(CCC(=O)NCc2cc(C(=O)O)c(C)o2)cc1Br. The Morgan fingerprint density at radius 2 is 2.08 bits per heavy atom. The van der Waals surface area contributed by atoms with E-state index in [9.17, 15) is 9.59 Å². The Bertz CT molecular complexity index is 753. The summed E-state index contributed by atoms with van der Waals surface area (Å²) < 4.78 is 11.3. The molecule has 128 valence electrons. The second kappa shape index (κ2) is 8.01. The smallest absolute Gasteiger partial charge is 0.339 e. The van der Waals surface area contributed by atoms with Crippen molar-refractivity contribution in [3.8, 4) is 5.75 Å². The summed E-state index contributed by atoms with van der Waals surface area (Å²) in [7, 11) is 1.60. The lowest BCUT2D eigenvalue weighted by molar-refractivity contribution is -0.121. The van der Waals surface area contributed by atoms with E-state index in [2.05, 4.69) is 21.2 Å². The summed E-state index contributed by atoms with van der Waals surface area (Å²) in [5.74, 6) is 0.317. The van der Waals surface area contributed by atoms with Crippen molar-refractivity contribution >= 4 is 27.8 Å². The van der Waals surface area contributed by atoms with Crippen molar-refractivity contribution in [1.82, 2.24) is 5.32 Å². The fourth-order valence-electron chi connectivity index (χ4n) is 2.24. The molecule has 0 radical (unpaired) electrons. The zero-order valence-electron chi connectivity index (χ0n) is 13.4. The molecule has 0 aliphatic heterocycles. The Balaban J connectivity index is 1.84.